The van der Waals surface area contributed by atoms with Crippen molar-refractivity contribution in [2.24, 2.45) is 0 Å². The van der Waals surface area contributed by atoms with Crippen LogP contribution in [0.2, 0.25) is 0 Å². The number of hydrogen-bond donors (Lipinski definition) is 1. The number of aliphatic hydroxyl groups is 1. The van der Waals surface area contributed by atoms with E-state index in [0.29, 0.717) is 6.54 Å². The highest BCUT2D eigenvalue weighted by atomic mass is 16.5. The number of aryl methyl sites for hydroxylation is 1. The molecule has 27 heavy (non-hydrogen) atoms. The molecule has 3 heteroatoms. The minimum atomic E-state index is -0.557. The highest BCUT2D eigenvalue weighted by molar-refractivity contribution is 5.27. The Morgan fingerprint density at radius 1 is 0.815 bits per heavy atom. The Balaban J connectivity index is 1.60. The van der Waals surface area contributed by atoms with Crippen molar-refractivity contribution in [3.63, 3.8) is 0 Å². The van der Waals surface area contributed by atoms with Gasteiger partial charge in [0.05, 0.1) is 0 Å². The summed E-state index contributed by atoms with van der Waals surface area (Å²) in [5.41, 5.74) is 3.62. The Morgan fingerprint density at radius 3 is 1.96 bits per heavy atom. The molecule has 0 spiro atoms. The monoisotopic (exact) mass is 361 g/mol. The van der Waals surface area contributed by atoms with Crippen LogP contribution in [0, 0.1) is 6.92 Å². The lowest BCUT2D eigenvalue weighted by molar-refractivity contribution is 0.0628. The van der Waals surface area contributed by atoms with Crippen molar-refractivity contribution in [3.05, 3.63) is 102 Å². The lowest BCUT2D eigenvalue weighted by Crippen LogP contribution is -2.35. The van der Waals surface area contributed by atoms with Crippen molar-refractivity contribution >= 4 is 0 Å². The largest absolute Gasteiger partial charge is 0.491 e. The normalized spacial score (nSPS) is 12.1. The van der Waals surface area contributed by atoms with Crippen LogP contribution in [0.1, 0.15) is 16.7 Å². The zero-order valence-corrected chi connectivity index (χ0v) is 15.8. The van der Waals surface area contributed by atoms with Crippen molar-refractivity contribution < 1.29 is 9.84 Å². The number of nitrogens with zero attached hydrogens (tertiary/aromatic N) is 1. The summed E-state index contributed by atoms with van der Waals surface area (Å²) in [6, 6.07) is 28.6. The Kier molecular flexibility index (Phi) is 7.03. The van der Waals surface area contributed by atoms with Crippen molar-refractivity contribution in [1.29, 1.82) is 0 Å². The van der Waals surface area contributed by atoms with Crippen molar-refractivity contribution in [1.82, 2.24) is 4.90 Å². The van der Waals surface area contributed by atoms with E-state index in [1.807, 2.05) is 67.6 Å². The summed E-state index contributed by atoms with van der Waals surface area (Å²) >= 11 is 0. The third-order valence-electron chi connectivity index (χ3n) is 4.40. The zero-order valence-electron chi connectivity index (χ0n) is 15.8. The molecule has 1 atom stereocenters. The van der Waals surface area contributed by atoms with Gasteiger partial charge >= 0.3 is 0 Å². The van der Waals surface area contributed by atoms with Gasteiger partial charge in [-0.15, -0.1) is 0 Å². The molecular weight excluding hydrogens is 334 g/mol. The Bertz CT molecular complexity index is 763. The van der Waals surface area contributed by atoms with Crippen molar-refractivity contribution in [3.8, 4) is 5.75 Å². The molecule has 3 nitrogen and oxygen atoms in total. The van der Waals surface area contributed by atoms with Crippen LogP contribution < -0.4 is 4.74 Å². The van der Waals surface area contributed by atoms with E-state index in [1.165, 1.54) is 11.1 Å². The average Bonchev–Trinajstić information content (AvgIpc) is 2.68. The molecule has 1 N–H and O–H groups in total. The summed E-state index contributed by atoms with van der Waals surface area (Å²) in [5.74, 6) is 0.798. The fraction of sp³-hybridized carbons (Fsp3) is 0.250. The van der Waals surface area contributed by atoms with Gasteiger partial charge in [-0.25, -0.2) is 0 Å². The summed E-state index contributed by atoms with van der Waals surface area (Å²) < 4.78 is 5.77. The second-order valence-electron chi connectivity index (χ2n) is 6.92. The lowest BCUT2D eigenvalue weighted by Gasteiger charge is -2.25. The van der Waals surface area contributed by atoms with Crippen LogP contribution in [-0.2, 0) is 13.1 Å². The van der Waals surface area contributed by atoms with Gasteiger partial charge < -0.3 is 9.84 Å². The molecule has 0 unspecified atom stereocenters. The predicted octanol–water partition coefficient (Wildman–Crippen LogP) is 4.44. The van der Waals surface area contributed by atoms with Crippen LogP contribution in [0.15, 0.2) is 84.9 Å². The number of ether oxygens (including phenoxy) is 1. The maximum Gasteiger partial charge on any atom is 0.119 e. The third kappa shape index (κ3) is 6.55. The molecule has 0 radical (unpaired) electrons. The van der Waals surface area contributed by atoms with Crippen LogP contribution in [0.3, 0.4) is 0 Å². The molecule has 0 aromatic heterocycles. The minimum Gasteiger partial charge on any atom is -0.491 e. The van der Waals surface area contributed by atoms with E-state index >= 15 is 0 Å². The van der Waals surface area contributed by atoms with Gasteiger partial charge in [-0.05, 0) is 35.7 Å². The molecule has 0 amide bonds. The van der Waals surface area contributed by atoms with E-state index in [0.717, 1.165) is 24.4 Å². The molecule has 0 aliphatic heterocycles. The topological polar surface area (TPSA) is 32.7 Å². The average molecular weight is 361 g/mol. The first-order chi connectivity index (χ1) is 13.2. The Labute approximate surface area is 161 Å². The van der Waals surface area contributed by atoms with E-state index in [-0.39, 0.29) is 6.61 Å². The van der Waals surface area contributed by atoms with Gasteiger partial charge in [0.15, 0.2) is 0 Å². The van der Waals surface area contributed by atoms with Gasteiger partial charge in [0, 0.05) is 19.6 Å². The Morgan fingerprint density at radius 2 is 1.41 bits per heavy atom. The molecular formula is C24H27NO2. The number of hydrogen-bond acceptors (Lipinski definition) is 3. The summed E-state index contributed by atoms with van der Waals surface area (Å²) in [5, 5.41) is 10.5. The van der Waals surface area contributed by atoms with Crippen LogP contribution >= 0.6 is 0 Å². The van der Waals surface area contributed by atoms with Gasteiger partial charge in [-0.1, -0.05) is 72.8 Å². The van der Waals surface area contributed by atoms with Crippen molar-refractivity contribution in [2.75, 3.05) is 13.2 Å². The summed E-state index contributed by atoms with van der Waals surface area (Å²) in [6.45, 7) is 4.44. The Hall–Kier alpha value is -2.62. The van der Waals surface area contributed by atoms with Crippen LogP contribution in [0.25, 0.3) is 0 Å². The maximum absolute atomic E-state index is 10.5. The summed E-state index contributed by atoms with van der Waals surface area (Å²) in [6.07, 6.45) is -0.557. The summed E-state index contributed by atoms with van der Waals surface area (Å²) in [4.78, 5) is 2.26. The second kappa shape index (κ2) is 9.91. The first-order valence-electron chi connectivity index (χ1n) is 9.37. The van der Waals surface area contributed by atoms with E-state index in [4.69, 9.17) is 4.74 Å². The zero-order chi connectivity index (χ0) is 18.9. The van der Waals surface area contributed by atoms with Gasteiger partial charge in [0.25, 0.3) is 0 Å². The standard InChI is InChI=1S/C24H27NO2/c1-20-9-8-14-24(15-20)27-19-23(26)18-25(16-21-10-4-2-5-11-21)17-22-12-6-3-7-13-22/h2-15,23,26H,16-19H2,1H3/t23-/m0/s1. The highest BCUT2D eigenvalue weighted by Gasteiger charge is 2.14. The molecule has 0 aliphatic rings. The van der Waals surface area contributed by atoms with Crippen molar-refractivity contribution in [2.45, 2.75) is 26.1 Å². The number of benzene rings is 3. The highest BCUT2D eigenvalue weighted by Crippen LogP contribution is 2.14. The molecule has 0 saturated heterocycles. The van der Waals surface area contributed by atoms with Crippen LogP contribution in [0.5, 0.6) is 5.75 Å². The molecule has 0 aliphatic carbocycles. The van der Waals surface area contributed by atoms with Gasteiger partial charge in [0.1, 0.15) is 18.5 Å². The first kappa shape index (κ1) is 19.2. The van der Waals surface area contributed by atoms with E-state index in [2.05, 4.69) is 29.2 Å². The minimum absolute atomic E-state index is 0.281. The molecule has 3 aromatic rings. The van der Waals surface area contributed by atoms with Crippen LogP contribution in [0.4, 0.5) is 0 Å². The molecule has 0 saturated carbocycles. The lowest BCUT2D eigenvalue weighted by atomic mass is 10.1. The fourth-order valence-corrected chi connectivity index (χ4v) is 3.12. The molecule has 3 aromatic carbocycles. The molecule has 140 valence electrons. The third-order valence-corrected chi connectivity index (χ3v) is 4.40. The SMILES string of the molecule is Cc1cccc(OC[C@@H](O)CN(Cc2ccccc2)Cc2ccccc2)c1. The summed E-state index contributed by atoms with van der Waals surface area (Å²) in [7, 11) is 0. The first-order valence-corrected chi connectivity index (χ1v) is 9.37. The van der Waals surface area contributed by atoms with Gasteiger partial charge in [-0.2, -0.15) is 0 Å². The van der Waals surface area contributed by atoms with Gasteiger partial charge in [-0.3, -0.25) is 4.90 Å². The van der Waals surface area contributed by atoms with Crippen LogP contribution in [-0.4, -0.2) is 29.3 Å². The molecule has 3 rings (SSSR count). The molecule has 0 fully saturated rings. The maximum atomic E-state index is 10.5. The smallest absolute Gasteiger partial charge is 0.119 e. The quantitative estimate of drug-likeness (QED) is 0.612. The predicted molar refractivity (Wildman–Crippen MR) is 110 cm³/mol. The molecule has 0 heterocycles. The van der Waals surface area contributed by atoms with E-state index in [9.17, 15) is 5.11 Å². The van der Waals surface area contributed by atoms with E-state index < -0.39 is 6.10 Å². The number of rotatable bonds is 9. The number of aliphatic hydroxyl groups excluding tert-OH is 1. The van der Waals surface area contributed by atoms with Gasteiger partial charge in [0.2, 0.25) is 0 Å². The van der Waals surface area contributed by atoms with E-state index in [1.54, 1.807) is 0 Å². The molecule has 0 bridgehead atoms. The fourth-order valence-electron chi connectivity index (χ4n) is 3.12. The second-order valence-corrected chi connectivity index (χ2v) is 6.92.